The fourth-order valence-electron chi connectivity index (χ4n) is 2.10. The molecule has 1 heterocycles. The summed E-state index contributed by atoms with van der Waals surface area (Å²) in [5.41, 5.74) is 7.61. The molecule has 1 aromatic carbocycles. The first-order chi connectivity index (χ1) is 8.70. The summed E-state index contributed by atoms with van der Waals surface area (Å²) in [6, 6.07) is 6.20. The van der Waals surface area contributed by atoms with Gasteiger partial charge in [-0.3, -0.25) is 0 Å². The van der Waals surface area contributed by atoms with Crippen LogP contribution in [0.3, 0.4) is 0 Å². The summed E-state index contributed by atoms with van der Waals surface area (Å²) in [5, 5.41) is 3.47. The van der Waals surface area contributed by atoms with E-state index < -0.39 is 0 Å². The molecule has 4 heteroatoms. The minimum Gasteiger partial charge on any atom is -0.491 e. The average Bonchev–Trinajstić information content (AvgIpc) is 2.76. The summed E-state index contributed by atoms with van der Waals surface area (Å²) in [5.74, 6) is 0.758. The van der Waals surface area contributed by atoms with Gasteiger partial charge < -0.3 is 20.5 Å². The quantitative estimate of drug-likeness (QED) is 0.789. The number of hydrogen-bond acceptors (Lipinski definition) is 4. The molecular formula is C14H22N2O2. The Kier molecular flexibility index (Phi) is 4.31. The number of nitrogens with one attached hydrogen (secondary N) is 1. The van der Waals surface area contributed by atoms with Gasteiger partial charge in [0.1, 0.15) is 5.75 Å². The van der Waals surface area contributed by atoms with Gasteiger partial charge in [0.2, 0.25) is 0 Å². The predicted molar refractivity (Wildman–Crippen MR) is 74.1 cm³/mol. The number of rotatable bonds is 5. The fraction of sp³-hybridized carbons (Fsp3) is 0.571. The molecule has 0 radical (unpaired) electrons. The van der Waals surface area contributed by atoms with Crippen LogP contribution in [-0.2, 0) is 4.74 Å². The lowest BCUT2D eigenvalue weighted by molar-refractivity contribution is 0.121. The molecule has 4 nitrogen and oxygen atoms in total. The number of hydrogen-bond donors (Lipinski definition) is 2. The first kappa shape index (κ1) is 13.0. The molecule has 0 aliphatic carbocycles. The van der Waals surface area contributed by atoms with E-state index in [1.54, 1.807) is 0 Å². The molecule has 0 aromatic heterocycles. The Hall–Kier alpha value is -1.42. The molecule has 1 fully saturated rings. The van der Waals surface area contributed by atoms with Gasteiger partial charge in [-0.1, -0.05) is 6.92 Å². The third-order valence-electron chi connectivity index (χ3n) is 3.20. The Morgan fingerprint density at radius 3 is 3.00 bits per heavy atom. The Morgan fingerprint density at radius 1 is 1.50 bits per heavy atom. The van der Waals surface area contributed by atoms with E-state index in [1.807, 2.05) is 18.2 Å². The molecule has 1 saturated heterocycles. The molecule has 0 amide bonds. The largest absolute Gasteiger partial charge is 0.491 e. The third kappa shape index (κ3) is 3.07. The lowest BCUT2D eigenvalue weighted by Gasteiger charge is -2.18. The lowest BCUT2D eigenvalue weighted by Crippen LogP contribution is -2.26. The van der Waals surface area contributed by atoms with E-state index >= 15 is 0 Å². The van der Waals surface area contributed by atoms with Gasteiger partial charge in [-0.15, -0.1) is 0 Å². The van der Waals surface area contributed by atoms with Gasteiger partial charge >= 0.3 is 0 Å². The van der Waals surface area contributed by atoms with E-state index in [9.17, 15) is 0 Å². The van der Waals surface area contributed by atoms with E-state index in [-0.39, 0.29) is 6.10 Å². The van der Waals surface area contributed by atoms with E-state index in [0.29, 0.717) is 18.3 Å². The molecule has 0 bridgehead atoms. The van der Waals surface area contributed by atoms with Gasteiger partial charge in [-0.2, -0.15) is 0 Å². The molecule has 1 aromatic rings. The summed E-state index contributed by atoms with van der Waals surface area (Å²) in [6.07, 6.45) is 2.27. The monoisotopic (exact) mass is 250 g/mol. The highest BCUT2D eigenvalue weighted by Crippen LogP contribution is 2.27. The summed E-state index contributed by atoms with van der Waals surface area (Å²) in [7, 11) is 0. The highest BCUT2D eigenvalue weighted by molar-refractivity contribution is 5.61. The van der Waals surface area contributed by atoms with E-state index in [0.717, 1.165) is 30.9 Å². The zero-order valence-electron chi connectivity index (χ0n) is 11.1. The van der Waals surface area contributed by atoms with Crippen LogP contribution in [0.15, 0.2) is 18.2 Å². The average molecular weight is 250 g/mol. The Bertz CT molecular complexity index is 395. The molecule has 3 N–H and O–H groups in total. The molecular weight excluding hydrogens is 228 g/mol. The van der Waals surface area contributed by atoms with Crippen LogP contribution in [0.5, 0.6) is 5.75 Å². The van der Waals surface area contributed by atoms with Gasteiger partial charge in [0.15, 0.2) is 0 Å². The van der Waals surface area contributed by atoms with Crippen LogP contribution in [0.1, 0.15) is 26.7 Å². The number of nitrogens with two attached hydrogens (primary N) is 1. The van der Waals surface area contributed by atoms with Crippen LogP contribution in [0.4, 0.5) is 11.4 Å². The minimum atomic E-state index is 0.252. The minimum absolute atomic E-state index is 0.252. The van der Waals surface area contributed by atoms with E-state index in [4.69, 9.17) is 15.2 Å². The second-order valence-corrected chi connectivity index (χ2v) is 4.72. The smallest absolute Gasteiger partial charge is 0.144 e. The van der Waals surface area contributed by atoms with Crippen LogP contribution in [-0.4, -0.2) is 25.4 Å². The molecule has 18 heavy (non-hydrogen) atoms. The van der Waals surface area contributed by atoms with Crippen molar-refractivity contribution in [3.8, 4) is 5.75 Å². The highest BCUT2D eigenvalue weighted by atomic mass is 16.5. The van der Waals surface area contributed by atoms with Gasteiger partial charge in [0.25, 0.3) is 0 Å². The first-order valence-corrected chi connectivity index (χ1v) is 6.61. The maximum absolute atomic E-state index is 5.89. The van der Waals surface area contributed by atoms with Crippen molar-refractivity contribution in [1.82, 2.24) is 0 Å². The zero-order chi connectivity index (χ0) is 13.0. The fourth-order valence-corrected chi connectivity index (χ4v) is 2.10. The molecule has 1 aliphatic rings. The van der Waals surface area contributed by atoms with Gasteiger partial charge in [-0.25, -0.2) is 0 Å². The third-order valence-corrected chi connectivity index (χ3v) is 3.20. The van der Waals surface area contributed by atoms with E-state index in [1.165, 1.54) is 0 Å². The second-order valence-electron chi connectivity index (χ2n) is 4.72. The Morgan fingerprint density at radius 2 is 2.33 bits per heavy atom. The van der Waals surface area contributed by atoms with Gasteiger partial charge in [0.05, 0.1) is 24.4 Å². The van der Waals surface area contributed by atoms with Crippen molar-refractivity contribution in [2.75, 3.05) is 24.3 Å². The van der Waals surface area contributed by atoms with Crippen molar-refractivity contribution in [1.29, 1.82) is 0 Å². The SMILES string of the molecule is CCCOc1cc(NC2CCOC2C)ccc1N. The second kappa shape index (κ2) is 5.96. The molecule has 100 valence electrons. The standard InChI is InChI=1S/C14H22N2O2/c1-3-7-18-14-9-11(4-5-12(14)15)16-13-6-8-17-10(13)2/h4-5,9-10,13,16H,3,6-8,15H2,1-2H3. The van der Waals surface area contributed by atoms with Crippen molar-refractivity contribution >= 4 is 11.4 Å². The van der Waals surface area contributed by atoms with Crippen molar-refractivity contribution in [3.63, 3.8) is 0 Å². The number of nitrogen functional groups attached to an aromatic ring is 1. The normalized spacial score (nSPS) is 23.0. The van der Waals surface area contributed by atoms with Gasteiger partial charge in [-0.05, 0) is 31.9 Å². The first-order valence-electron chi connectivity index (χ1n) is 6.61. The van der Waals surface area contributed by atoms with Crippen LogP contribution in [0.25, 0.3) is 0 Å². The molecule has 2 rings (SSSR count). The molecule has 1 aliphatic heterocycles. The maximum atomic E-state index is 5.89. The highest BCUT2D eigenvalue weighted by Gasteiger charge is 2.23. The molecule has 2 atom stereocenters. The zero-order valence-corrected chi connectivity index (χ0v) is 11.1. The van der Waals surface area contributed by atoms with Gasteiger partial charge in [0, 0.05) is 18.4 Å². The number of benzene rings is 1. The van der Waals surface area contributed by atoms with Crippen molar-refractivity contribution in [3.05, 3.63) is 18.2 Å². The van der Waals surface area contributed by atoms with E-state index in [2.05, 4.69) is 19.2 Å². The predicted octanol–water partition coefficient (Wildman–Crippen LogP) is 2.65. The molecule has 2 unspecified atom stereocenters. The summed E-state index contributed by atoms with van der Waals surface area (Å²) >= 11 is 0. The molecule has 0 spiro atoms. The summed E-state index contributed by atoms with van der Waals surface area (Å²) in [6.45, 7) is 5.69. The van der Waals surface area contributed by atoms with Crippen molar-refractivity contribution in [2.45, 2.75) is 38.8 Å². The Labute approximate surface area is 108 Å². The number of anilines is 2. The van der Waals surface area contributed by atoms with Crippen LogP contribution in [0, 0.1) is 0 Å². The van der Waals surface area contributed by atoms with Crippen molar-refractivity contribution in [2.24, 2.45) is 0 Å². The summed E-state index contributed by atoms with van der Waals surface area (Å²) < 4.78 is 11.2. The van der Waals surface area contributed by atoms with Crippen molar-refractivity contribution < 1.29 is 9.47 Å². The van der Waals surface area contributed by atoms with Crippen LogP contribution >= 0.6 is 0 Å². The Balaban J connectivity index is 2.04. The topological polar surface area (TPSA) is 56.5 Å². The molecule has 0 saturated carbocycles. The van der Waals surface area contributed by atoms with Crippen LogP contribution in [0.2, 0.25) is 0 Å². The lowest BCUT2D eigenvalue weighted by atomic mass is 10.1. The van der Waals surface area contributed by atoms with Crippen LogP contribution < -0.4 is 15.8 Å². The summed E-state index contributed by atoms with van der Waals surface area (Å²) in [4.78, 5) is 0. The number of ether oxygens (including phenoxy) is 2. The maximum Gasteiger partial charge on any atom is 0.144 e.